The zero-order chi connectivity index (χ0) is 27.4. The van der Waals surface area contributed by atoms with Gasteiger partial charge in [0.25, 0.3) is 0 Å². The maximum atomic E-state index is 3.98. The molecule has 4 aromatic carbocycles. The lowest BCUT2D eigenvalue weighted by atomic mass is 9.61. The van der Waals surface area contributed by atoms with Crippen LogP contribution >= 0.6 is 0 Å². The third-order valence-corrected chi connectivity index (χ3v) is 7.84. The van der Waals surface area contributed by atoms with Gasteiger partial charge >= 0.3 is 0 Å². The van der Waals surface area contributed by atoms with E-state index in [9.17, 15) is 0 Å². The molecule has 1 N–H and O–H groups in total. The van der Waals surface area contributed by atoms with E-state index in [1.165, 1.54) is 33.4 Å². The maximum Gasteiger partial charge on any atom is 0.0739 e. The molecular formula is C39H33N. The van der Waals surface area contributed by atoms with E-state index in [2.05, 4.69) is 164 Å². The molecule has 0 saturated carbocycles. The van der Waals surface area contributed by atoms with Crippen molar-refractivity contribution in [2.24, 2.45) is 0 Å². The van der Waals surface area contributed by atoms with Crippen molar-refractivity contribution in [2.45, 2.75) is 18.8 Å². The molecule has 6 rings (SSSR count). The zero-order valence-corrected chi connectivity index (χ0v) is 22.8. The van der Waals surface area contributed by atoms with Gasteiger partial charge in [-0.1, -0.05) is 134 Å². The summed E-state index contributed by atoms with van der Waals surface area (Å²) < 4.78 is 0. The second-order valence-corrected chi connectivity index (χ2v) is 10.2. The predicted octanol–water partition coefficient (Wildman–Crippen LogP) is 10.3. The molecule has 1 unspecified atom stereocenters. The second kappa shape index (κ2) is 11.1. The first-order chi connectivity index (χ1) is 19.8. The topological polar surface area (TPSA) is 12.0 Å². The fourth-order valence-corrected chi connectivity index (χ4v) is 6.10. The summed E-state index contributed by atoms with van der Waals surface area (Å²) >= 11 is 0. The number of hydrogen-bond donors (Lipinski definition) is 1. The Bertz CT molecular complexity index is 1700. The van der Waals surface area contributed by atoms with Gasteiger partial charge in [-0.2, -0.15) is 0 Å². The molecule has 0 saturated heterocycles. The minimum atomic E-state index is -0.518. The van der Waals surface area contributed by atoms with Crippen LogP contribution in [0.15, 0.2) is 164 Å². The third kappa shape index (κ3) is 4.40. The Morgan fingerprint density at radius 1 is 0.800 bits per heavy atom. The average molecular weight is 516 g/mol. The van der Waals surface area contributed by atoms with Crippen LogP contribution < -0.4 is 5.32 Å². The Morgan fingerprint density at radius 2 is 1.52 bits per heavy atom. The molecule has 0 aromatic heterocycles. The molecule has 1 aliphatic carbocycles. The largest absolute Gasteiger partial charge is 0.355 e. The van der Waals surface area contributed by atoms with Gasteiger partial charge in [-0.15, -0.1) is 0 Å². The van der Waals surface area contributed by atoms with Gasteiger partial charge in [0.2, 0.25) is 0 Å². The maximum absolute atomic E-state index is 3.98. The highest BCUT2D eigenvalue weighted by molar-refractivity contribution is 5.87. The standard InChI is InChI=1S/C39H33N/c1-3-15-29(16-4-2)31-23-25-37-35(27-31)39(34-21-13-8-14-22-34,33-19-11-5-6-12-20-33)36-28-32(24-26-38(36)40-37)30-17-9-7-10-18-30/h3-11,13-28,40H,1,12H2,2H3/b16-4-,29-15+. The van der Waals surface area contributed by atoms with E-state index in [4.69, 9.17) is 0 Å². The lowest BCUT2D eigenvalue weighted by molar-refractivity contribution is 0.736. The molecule has 0 radical (unpaired) electrons. The van der Waals surface area contributed by atoms with E-state index in [0.717, 1.165) is 28.9 Å². The molecule has 1 aliphatic heterocycles. The fraction of sp³-hybridized carbons (Fsp3) is 0.0769. The summed E-state index contributed by atoms with van der Waals surface area (Å²) in [4.78, 5) is 0. The van der Waals surface area contributed by atoms with Crippen molar-refractivity contribution in [1.29, 1.82) is 0 Å². The highest BCUT2D eigenvalue weighted by atomic mass is 14.9. The van der Waals surface area contributed by atoms with E-state index >= 15 is 0 Å². The van der Waals surface area contributed by atoms with Crippen LogP contribution in [0.1, 0.15) is 35.6 Å². The van der Waals surface area contributed by atoms with Crippen molar-refractivity contribution < 1.29 is 0 Å². The molecule has 1 nitrogen and oxygen atoms in total. The molecule has 1 heterocycles. The Hall–Kier alpha value is -4.88. The van der Waals surface area contributed by atoms with Crippen LogP contribution in [0.25, 0.3) is 16.7 Å². The van der Waals surface area contributed by atoms with E-state index in [1.54, 1.807) is 0 Å². The van der Waals surface area contributed by atoms with Crippen molar-refractivity contribution in [3.63, 3.8) is 0 Å². The van der Waals surface area contributed by atoms with E-state index in [1.807, 2.05) is 6.08 Å². The van der Waals surface area contributed by atoms with Crippen LogP contribution in [0.3, 0.4) is 0 Å². The molecule has 194 valence electrons. The predicted molar refractivity (Wildman–Crippen MR) is 172 cm³/mol. The van der Waals surface area contributed by atoms with Crippen LogP contribution in [0.4, 0.5) is 11.4 Å². The molecule has 40 heavy (non-hydrogen) atoms. The SMILES string of the molecule is C=C/C=C(\C=C/C)c1ccc2c(c1)C(C1=CCC=CC=C1)(c1ccccc1)c1cc(-c3ccccc3)ccc1N2. The molecule has 0 spiro atoms. The fourth-order valence-electron chi connectivity index (χ4n) is 6.10. The van der Waals surface area contributed by atoms with E-state index in [-0.39, 0.29) is 0 Å². The highest BCUT2D eigenvalue weighted by Gasteiger charge is 2.45. The van der Waals surface area contributed by atoms with Crippen LogP contribution in [-0.4, -0.2) is 0 Å². The van der Waals surface area contributed by atoms with E-state index in [0.29, 0.717) is 0 Å². The second-order valence-electron chi connectivity index (χ2n) is 10.2. The summed E-state index contributed by atoms with van der Waals surface area (Å²) in [5.41, 5.74) is 11.5. The van der Waals surface area contributed by atoms with Gasteiger partial charge < -0.3 is 5.32 Å². The Labute approximate surface area is 237 Å². The lowest BCUT2D eigenvalue weighted by Gasteiger charge is -2.43. The first-order valence-electron chi connectivity index (χ1n) is 13.9. The number of hydrogen-bond acceptors (Lipinski definition) is 1. The number of fused-ring (bicyclic) bond motifs is 2. The van der Waals surface area contributed by atoms with Crippen LogP contribution in [0.2, 0.25) is 0 Å². The number of allylic oxidation sites excluding steroid dienone is 11. The summed E-state index contributed by atoms with van der Waals surface area (Å²) in [5, 5.41) is 3.80. The van der Waals surface area contributed by atoms with E-state index < -0.39 is 5.41 Å². The first kappa shape index (κ1) is 25.4. The van der Waals surface area contributed by atoms with Gasteiger partial charge in [0, 0.05) is 11.4 Å². The van der Waals surface area contributed by atoms with Crippen molar-refractivity contribution in [1.82, 2.24) is 0 Å². The molecule has 1 heteroatoms. The Morgan fingerprint density at radius 3 is 2.27 bits per heavy atom. The Kier molecular flexibility index (Phi) is 7.04. The minimum absolute atomic E-state index is 0.518. The zero-order valence-electron chi connectivity index (χ0n) is 22.8. The average Bonchev–Trinajstić information content (AvgIpc) is 3.30. The number of rotatable bonds is 6. The molecule has 0 bridgehead atoms. The highest BCUT2D eigenvalue weighted by Crippen LogP contribution is 2.55. The molecule has 4 aromatic rings. The quantitative estimate of drug-likeness (QED) is 0.252. The lowest BCUT2D eigenvalue weighted by Crippen LogP contribution is -2.35. The first-order valence-corrected chi connectivity index (χ1v) is 13.9. The van der Waals surface area contributed by atoms with Crippen molar-refractivity contribution in [3.05, 3.63) is 186 Å². The van der Waals surface area contributed by atoms with Crippen molar-refractivity contribution >= 4 is 16.9 Å². The molecule has 0 fully saturated rings. The summed E-state index contributed by atoms with van der Waals surface area (Å²) in [6.07, 6.45) is 20.3. The summed E-state index contributed by atoms with van der Waals surface area (Å²) in [6.45, 7) is 6.03. The molecule has 1 atom stereocenters. The summed E-state index contributed by atoms with van der Waals surface area (Å²) in [5.74, 6) is 0. The smallest absolute Gasteiger partial charge is 0.0739 e. The monoisotopic (exact) mass is 515 g/mol. The van der Waals surface area contributed by atoms with Crippen LogP contribution in [-0.2, 0) is 5.41 Å². The van der Waals surface area contributed by atoms with Gasteiger partial charge in [0.15, 0.2) is 0 Å². The van der Waals surface area contributed by atoms with Crippen LogP contribution in [0.5, 0.6) is 0 Å². The number of anilines is 2. The van der Waals surface area contributed by atoms with Crippen molar-refractivity contribution in [2.75, 3.05) is 5.32 Å². The van der Waals surface area contributed by atoms with Gasteiger partial charge in [-0.3, -0.25) is 0 Å². The van der Waals surface area contributed by atoms with Gasteiger partial charge in [-0.25, -0.2) is 0 Å². The summed E-state index contributed by atoms with van der Waals surface area (Å²) in [6, 6.07) is 35.3. The molecule has 0 amide bonds. The minimum Gasteiger partial charge on any atom is -0.355 e. The Balaban J connectivity index is 1.72. The van der Waals surface area contributed by atoms with Crippen molar-refractivity contribution in [3.8, 4) is 11.1 Å². The normalized spacial score (nSPS) is 17.9. The number of benzene rings is 4. The third-order valence-electron chi connectivity index (χ3n) is 7.84. The van der Waals surface area contributed by atoms with Gasteiger partial charge in [0.1, 0.15) is 0 Å². The van der Waals surface area contributed by atoms with Gasteiger partial charge in [-0.05, 0) is 82.1 Å². The number of nitrogens with one attached hydrogen (secondary N) is 1. The van der Waals surface area contributed by atoms with Gasteiger partial charge in [0.05, 0.1) is 5.41 Å². The molecular weight excluding hydrogens is 482 g/mol. The van der Waals surface area contributed by atoms with Crippen LogP contribution in [0, 0.1) is 0 Å². The summed E-state index contributed by atoms with van der Waals surface area (Å²) in [7, 11) is 0. The molecule has 2 aliphatic rings.